The lowest BCUT2D eigenvalue weighted by Gasteiger charge is -2.30. The smallest absolute Gasteiger partial charge is 0.249 e. The Balaban J connectivity index is 1.73. The van der Waals surface area contributed by atoms with Crippen molar-refractivity contribution in [1.29, 1.82) is 0 Å². The number of rotatable bonds is 6. The number of carbonyl (C=O) groups is 2. The molecular formula is C20H25N5O4. The van der Waals surface area contributed by atoms with E-state index in [2.05, 4.69) is 21.0 Å². The molecule has 1 aromatic carbocycles. The molecule has 9 heteroatoms. The molecule has 2 unspecified atom stereocenters. The molecule has 1 fully saturated rings. The molecule has 1 aliphatic rings. The van der Waals surface area contributed by atoms with Crippen LogP contribution in [0.25, 0.3) is 6.08 Å². The van der Waals surface area contributed by atoms with Crippen LogP contribution in [0.3, 0.4) is 0 Å². The van der Waals surface area contributed by atoms with E-state index in [-0.39, 0.29) is 17.9 Å². The maximum atomic E-state index is 12.4. The second-order valence-electron chi connectivity index (χ2n) is 6.79. The van der Waals surface area contributed by atoms with Crippen molar-refractivity contribution in [3.8, 4) is 11.5 Å². The van der Waals surface area contributed by atoms with Crippen LogP contribution in [0.1, 0.15) is 30.9 Å². The normalized spacial score (nSPS) is 19.1. The number of amides is 2. The van der Waals surface area contributed by atoms with E-state index in [1.54, 1.807) is 43.2 Å². The topological polar surface area (TPSA) is 107 Å². The van der Waals surface area contributed by atoms with Crippen molar-refractivity contribution in [3.63, 3.8) is 0 Å². The maximum Gasteiger partial charge on any atom is 0.249 e. The predicted octanol–water partition coefficient (Wildman–Crippen LogP) is 1.81. The zero-order valence-corrected chi connectivity index (χ0v) is 16.9. The molecule has 2 amide bonds. The standard InChI is InChI=1S/C20H25N5O4/c1-12-10-19(27)23-20(21-12)25-17(9-13(2)24-25)22-18(26)8-6-14-5-7-15(28-3)16(11-14)29-4/h5-9,11-12,20-21H,10H2,1-4H3,(H,22,26)(H,23,27)/b8-6+. The first-order valence-electron chi connectivity index (χ1n) is 9.22. The molecule has 2 heterocycles. The van der Waals surface area contributed by atoms with Crippen molar-refractivity contribution in [2.24, 2.45) is 0 Å². The van der Waals surface area contributed by atoms with Crippen LogP contribution in [0.15, 0.2) is 30.3 Å². The van der Waals surface area contributed by atoms with Gasteiger partial charge < -0.3 is 20.1 Å². The number of hydrogen-bond acceptors (Lipinski definition) is 6. The van der Waals surface area contributed by atoms with E-state index in [4.69, 9.17) is 9.47 Å². The number of aromatic nitrogens is 2. The molecule has 0 radical (unpaired) electrons. The minimum atomic E-state index is -0.523. The average molecular weight is 399 g/mol. The minimum absolute atomic E-state index is 0.00626. The van der Waals surface area contributed by atoms with E-state index in [0.717, 1.165) is 11.3 Å². The van der Waals surface area contributed by atoms with Gasteiger partial charge in [-0.15, -0.1) is 0 Å². The Morgan fingerprint density at radius 1 is 1.28 bits per heavy atom. The highest BCUT2D eigenvalue weighted by Crippen LogP contribution is 2.28. The third-order valence-electron chi connectivity index (χ3n) is 4.42. The van der Waals surface area contributed by atoms with Gasteiger partial charge in [0.2, 0.25) is 11.8 Å². The summed E-state index contributed by atoms with van der Waals surface area (Å²) < 4.78 is 12.0. The van der Waals surface area contributed by atoms with Crippen molar-refractivity contribution in [2.75, 3.05) is 19.5 Å². The first kappa shape index (κ1) is 20.4. The second kappa shape index (κ2) is 8.78. The molecule has 3 rings (SSSR count). The van der Waals surface area contributed by atoms with Gasteiger partial charge in [-0.25, -0.2) is 4.68 Å². The van der Waals surface area contributed by atoms with Gasteiger partial charge in [-0.3, -0.25) is 14.9 Å². The van der Waals surface area contributed by atoms with Gasteiger partial charge >= 0.3 is 0 Å². The van der Waals surface area contributed by atoms with E-state index < -0.39 is 6.29 Å². The van der Waals surface area contributed by atoms with Crippen LogP contribution in [0.4, 0.5) is 5.82 Å². The molecule has 0 saturated carbocycles. The fourth-order valence-electron chi connectivity index (χ4n) is 3.09. The van der Waals surface area contributed by atoms with Crippen LogP contribution in [-0.2, 0) is 9.59 Å². The van der Waals surface area contributed by atoms with Crippen molar-refractivity contribution in [1.82, 2.24) is 20.4 Å². The number of hydrogen-bond donors (Lipinski definition) is 3. The van der Waals surface area contributed by atoms with E-state index in [9.17, 15) is 9.59 Å². The molecule has 3 N–H and O–H groups in total. The third-order valence-corrected chi connectivity index (χ3v) is 4.42. The Morgan fingerprint density at radius 2 is 2.03 bits per heavy atom. The van der Waals surface area contributed by atoms with Crippen molar-refractivity contribution >= 4 is 23.7 Å². The molecule has 0 aliphatic carbocycles. The molecular weight excluding hydrogens is 374 g/mol. The van der Waals surface area contributed by atoms with Gasteiger partial charge in [0.25, 0.3) is 0 Å². The van der Waals surface area contributed by atoms with Crippen LogP contribution in [0, 0.1) is 6.92 Å². The van der Waals surface area contributed by atoms with Crippen LogP contribution < -0.4 is 25.4 Å². The van der Waals surface area contributed by atoms with Crippen molar-refractivity contribution in [2.45, 2.75) is 32.6 Å². The van der Waals surface area contributed by atoms with Crippen LogP contribution in [0.2, 0.25) is 0 Å². The van der Waals surface area contributed by atoms with Gasteiger partial charge in [-0.2, -0.15) is 5.10 Å². The molecule has 1 aromatic heterocycles. The number of nitrogens with one attached hydrogen (secondary N) is 3. The highest BCUT2D eigenvalue weighted by Gasteiger charge is 2.26. The minimum Gasteiger partial charge on any atom is -0.493 e. The summed E-state index contributed by atoms with van der Waals surface area (Å²) in [5.74, 6) is 1.29. The lowest BCUT2D eigenvalue weighted by atomic mass is 10.2. The maximum absolute atomic E-state index is 12.4. The number of benzene rings is 1. The molecule has 1 aliphatic heterocycles. The van der Waals surface area contributed by atoms with Gasteiger partial charge in [0.05, 0.1) is 19.9 Å². The van der Waals surface area contributed by atoms with Gasteiger partial charge in [0.1, 0.15) is 5.82 Å². The summed E-state index contributed by atoms with van der Waals surface area (Å²) in [7, 11) is 3.12. The SMILES string of the molecule is COc1ccc(/C=C/C(=O)Nc2cc(C)nn2C2NC(=O)CC(C)N2)cc1OC. The predicted molar refractivity (Wildman–Crippen MR) is 109 cm³/mol. The Bertz CT molecular complexity index is 937. The molecule has 2 aromatic rings. The Labute approximate surface area is 169 Å². The summed E-state index contributed by atoms with van der Waals surface area (Å²) in [5.41, 5.74) is 1.51. The largest absolute Gasteiger partial charge is 0.493 e. The Hall–Kier alpha value is -3.33. The second-order valence-corrected chi connectivity index (χ2v) is 6.79. The quantitative estimate of drug-likeness (QED) is 0.640. The molecule has 29 heavy (non-hydrogen) atoms. The van der Waals surface area contributed by atoms with Crippen LogP contribution in [0.5, 0.6) is 11.5 Å². The van der Waals surface area contributed by atoms with Gasteiger partial charge in [0, 0.05) is 24.6 Å². The zero-order valence-electron chi connectivity index (χ0n) is 16.9. The third kappa shape index (κ3) is 4.94. The van der Waals surface area contributed by atoms with E-state index in [0.29, 0.717) is 23.7 Å². The number of aryl methyl sites for hydroxylation is 1. The van der Waals surface area contributed by atoms with Crippen LogP contribution in [-0.4, -0.2) is 41.9 Å². The number of nitrogens with zero attached hydrogens (tertiary/aromatic N) is 2. The lowest BCUT2D eigenvalue weighted by molar-refractivity contribution is -0.125. The summed E-state index contributed by atoms with van der Waals surface area (Å²) in [6.45, 7) is 3.74. The number of methoxy groups -OCH3 is 2. The van der Waals surface area contributed by atoms with Gasteiger partial charge in [-0.05, 0) is 37.6 Å². The van der Waals surface area contributed by atoms with Gasteiger partial charge in [-0.1, -0.05) is 6.07 Å². The summed E-state index contributed by atoms with van der Waals surface area (Å²) in [5, 5.41) is 13.3. The first-order valence-corrected chi connectivity index (χ1v) is 9.22. The van der Waals surface area contributed by atoms with Crippen LogP contribution >= 0.6 is 0 Å². The zero-order chi connectivity index (χ0) is 21.0. The van der Waals surface area contributed by atoms with E-state index in [1.807, 2.05) is 19.9 Å². The monoisotopic (exact) mass is 399 g/mol. The van der Waals surface area contributed by atoms with E-state index >= 15 is 0 Å². The molecule has 1 saturated heterocycles. The summed E-state index contributed by atoms with van der Waals surface area (Å²) in [6, 6.07) is 7.12. The van der Waals surface area contributed by atoms with Crippen molar-refractivity contribution < 1.29 is 19.1 Å². The summed E-state index contributed by atoms with van der Waals surface area (Å²) in [6.07, 6.45) is 2.97. The fraction of sp³-hybridized carbons (Fsp3) is 0.350. The highest BCUT2D eigenvalue weighted by molar-refractivity contribution is 6.01. The summed E-state index contributed by atoms with van der Waals surface area (Å²) >= 11 is 0. The Morgan fingerprint density at radius 3 is 2.72 bits per heavy atom. The van der Waals surface area contributed by atoms with E-state index in [1.165, 1.54) is 6.08 Å². The number of ether oxygens (including phenoxy) is 2. The Kier molecular flexibility index (Phi) is 6.18. The molecule has 2 atom stereocenters. The fourth-order valence-corrected chi connectivity index (χ4v) is 3.09. The average Bonchev–Trinajstić information content (AvgIpc) is 3.05. The number of carbonyl (C=O) groups excluding carboxylic acids is 2. The first-order chi connectivity index (χ1) is 13.9. The summed E-state index contributed by atoms with van der Waals surface area (Å²) in [4.78, 5) is 24.3. The molecule has 154 valence electrons. The van der Waals surface area contributed by atoms with Gasteiger partial charge in [0.15, 0.2) is 17.8 Å². The highest BCUT2D eigenvalue weighted by atomic mass is 16.5. The lowest BCUT2D eigenvalue weighted by Crippen LogP contribution is -2.52. The molecule has 0 bridgehead atoms. The number of anilines is 1. The molecule has 9 nitrogen and oxygen atoms in total. The molecule has 0 spiro atoms. The van der Waals surface area contributed by atoms with Crippen molar-refractivity contribution in [3.05, 3.63) is 41.6 Å².